The minimum Gasteiger partial charge on any atom is -0.256 e. The van der Waals surface area contributed by atoms with Crippen LogP contribution in [0.15, 0.2) is 64.6 Å². The van der Waals surface area contributed by atoms with E-state index in [2.05, 4.69) is 9.82 Å². The third-order valence-corrected chi connectivity index (χ3v) is 7.77. The molecule has 3 aromatic rings. The van der Waals surface area contributed by atoms with Crippen molar-refractivity contribution in [3.05, 3.63) is 91.9 Å². The largest absolute Gasteiger partial charge is 0.256 e. The molecule has 0 saturated heterocycles. The predicted molar refractivity (Wildman–Crippen MR) is 132 cm³/mol. The molecular formula is C22H15Cl4F2N3O2S. The van der Waals surface area contributed by atoms with Crippen molar-refractivity contribution < 1.29 is 17.2 Å². The number of sulfonamides is 1. The lowest BCUT2D eigenvalue weighted by molar-refractivity contribution is 0.504. The van der Waals surface area contributed by atoms with Gasteiger partial charge >= 0.3 is 0 Å². The maximum absolute atomic E-state index is 13.6. The van der Waals surface area contributed by atoms with Crippen molar-refractivity contribution in [2.24, 2.45) is 5.10 Å². The Kier molecular flexibility index (Phi) is 7.38. The number of anilines is 1. The zero-order chi connectivity index (χ0) is 24.6. The van der Waals surface area contributed by atoms with E-state index in [1.165, 1.54) is 0 Å². The van der Waals surface area contributed by atoms with Crippen LogP contribution in [0, 0.1) is 11.6 Å². The molecule has 0 fully saturated rings. The molecule has 0 saturated carbocycles. The second kappa shape index (κ2) is 9.97. The van der Waals surface area contributed by atoms with Crippen LogP contribution in [0.1, 0.15) is 18.0 Å². The Bertz CT molecular complexity index is 1390. The highest BCUT2D eigenvalue weighted by Crippen LogP contribution is 2.39. The van der Waals surface area contributed by atoms with Crippen LogP contribution in [0.25, 0.3) is 0 Å². The first-order chi connectivity index (χ1) is 16.0. The SMILES string of the molecule is O=S(=O)(NCC1=NN(c2ccc(Cl)cc2Cl)C(c2ccc(Cl)cc2)C1)c1cc(F)c(F)cc1Cl. The zero-order valence-corrected chi connectivity index (χ0v) is 20.9. The van der Waals surface area contributed by atoms with Gasteiger partial charge in [0.25, 0.3) is 0 Å². The van der Waals surface area contributed by atoms with Crippen molar-refractivity contribution in [1.29, 1.82) is 0 Å². The molecule has 3 aromatic carbocycles. The van der Waals surface area contributed by atoms with Gasteiger partial charge in [0.1, 0.15) is 4.90 Å². The first-order valence-electron chi connectivity index (χ1n) is 9.75. The van der Waals surface area contributed by atoms with E-state index in [-0.39, 0.29) is 12.6 Å². The van der Waals surface area contributed by atoms with Gasteiger partial charge in [0.2, 0.25) is 10.0 Å². The highest BCUT2D eigenvalue weighted by molar-refractivity contribution is 7.89. The molecule has 1 N–H and O–H groups in total. The molecule has 1 aliphatic heterocycles. The summed E-state index contributed by atoms with van der Waals surface area (Å²) >= 11 is 24.3. The number of hydrogen-bond acceptors (Lipinski definition) is 4. The average molecular weight is 565 g/mol. The smallest absolute Gasteiger partial charge is 0.242 e. The van der Waals surface area contributed by atoms with Crippen LogP contribution in [-0.4, -0.2) is 20.7 Å². The van der Waals surface area contributed by atoms with E-state index in [0.29, 0.717) is 45.0 Å². The Morgan fingerprint density at radius 3 is 2.24 bits per heavy atom. The van der Waals surface area contributed by atoms with Crippen molar-refractivity contribution >= 4 is 67.8 Å². The summed E-state index contributed by atoms with van der Waals surface area (Å²) in [5, 5.41) is 7.20. The van der Waals surface area contributed by atoms with Crippen LogP contribution in [0.4, 0.5) is 14.5 Å². The molecule has 178 valence electrons. The van der Waals surface area contributed by atoms with Gasteiger partial charge in [-0.1, -0.05) is 58.5 Å². The predicted octanol–water partition coefficient (Wildman–Crippen LogP) is 6.86. The summed E-state index contributed by atoms with van der Waals surface area (Å²) in [5.41, 5.74) is 1.93. The molecule has 0 aromatic heterocycles. The molecule has 5 nitrogen and oxygen atoms in total. The Hall–Kier alpha value is -1.94. The van der Waals surface area contributed by atoms with Crippen LogP contribution in [0.3, 0.4) is 0 Å². The van der Waals surface area contributed by atoms with Crippen molar-refractivity contribution in [2.45, 2.75) is 17.4 Å². The van der Waals surface area contributed by atoms with E-state index in [4.69, 9.17) is 46.4 Å². The van der Waals surface area contributed by atoms with Gasteiger partial charge in [-0.3, -0.25) is 5.01 Å². The summed E-state index contributed by atoms with van der Waals surface area (Å²) in [6.07, 6.45) is 0.356. The summed E-state index contributed by atoms with van der Waals surface area (Å²) in [7, 11) is -4.25. The molecule has 34 heavy (non-hydrogen) atoms. The normalized spacial score (nSPS) is 16.1. The van der Waals surface area contributed by atoms with E-state index < -0.39 is 31.6 Å². The summed E-state index contributed by atoms with van der Waals surface area (Å²) in [6.45, 7) is -0.191. The van der Waals surface area contributed by atoms with Crippen LogP contribution >= 0.6 is 46.4 Å². The van der Waals surface area contributed by atoms with Gasteiger partial charge in [0, 0.05) is 16.5 Å². The number of nitrogens with zero attached hydrogens (tertiary/aromatic N) is 2. The Morgan fingerprint density at radius 2 is 1.56 bits per heavy atom. The molecule has 12 heteroatoms. The summed E-state index contributed by atoms with van der Waals surface area (Å²) in [5.74, 6) is -2.57. The molecule has 1 unspecified atom stereocenters. The zero-order valence-electron chi connectivity index (χ0n) is 17.1. The highest BCUT2D eigenvalue weighted by Gasteiger charge is 2.31. The van der Waals surface area contributed by atoms with Gasteiger partial charge in [-0.2, -0.15) is 5.10 Å². The molecule has 1 atom stereocenters. The van der Waals surface area contributed by atoms with Gasteiger partial charge in [-0.05, 0) is 48.0 Å². The third-order valence-electron chi connectivity index (χ3n) is 5.12. The second-order valence-electron chi connectivity index (χ2n) is 7.40. The number of halogens is 6. The molecule has 0 spiro atoms. The average Bonchev–Trinajstić information content (AvgIpc) is 3.19. The lowest BCUT2D eigenvalue weighted by Gasteiger charge is -2.25. The van der Waals surface area contributed by atoms with E-state index in [0.717, 1.165) is 5.56 Å². The summed E-state index contributed by atoms with van der Waals surface area (Å²) < 4.78 is 54.7. The number of nitrogens with one attached hydrogen (secondary N) is 1. The molecule has 0 aliphatic carbocycles. The number of hydrogen-bond donors (Lipinski definition) is 1. The maximum atomic E-state index is 13.6. The van der Waals surface area contributed by atoms with E-state index in [1.807, 2.05) is 12.1 Å². The fourth-order valence-electron chi connectivity index (χ4n) is 3.48. The van der Waals surface area contributed by atoms with E-state index in [9.17, 15) is 17.2 Å². The topological polar surface area (TPSA) is 61.8 Å². The van der Waals surface area contributed by atoms with Crippen LogP contribution in [-0.2, 0) is 10.0 Å². The molecule has 0 radical (unpaired) electrons. The Labute approximate surface area is 214 Å². The van der Waals surface area contributed by atoms with Gasteiger partial charge < -0.3 is 0 Å². The van der Waals surface area contributed by atoms with Crippen LogP contribution in [0.2, 0.25) is 20.1 Å². The maximum Gasteiger partial charge on any atom is 0.242 e. The molecule has 0 amide bonds. The first-order valence-corrected chi connectivity index (χ1v) is 12.7. The standard InChI is InChI=1S/C22H15Cl4F2N3O2S/c23-13-3-1-12(2-4-13)21-8-15(30-31(21)20-6-5-14(24)7-16(20)25)11-29-34(32,33)22-10-19(28)18(27)9-17(22)26/h1-7,9-10,21,29H,8,11H2. The lowest BCUT2D eigenvalue weighted by atomic mass is 10.0. The first kappa shape index (κ1) is 25.2. The van der Waals surface area contributed by atoms with Gasteiger partial charge in [0.15, 0.2) is 11.6 Å². The minimum absolute atomic E-state index is 0.191. The van der Waals surface area contributed by atoms with Gasteiger partial charge in [-0.25, -0.2) is 21.9 Å². The highest BCUT2D eigenvalue weighted by atomic mass is 35.5. The molecule has 1 heterocycles. The van der Waals surface area contributed by atoms with Crippen LogP contribution in [0.5, 0.6) is 0 Å². The van der Waals surface area contributed by atoms with Gasteiger partial charge in [-0.15, -0.1) is 0 Å². The van der Waals surface area contributed by atoms with E-state index in [1.54, 1.807) is 35.3 Å². The Balaban J connectivity index is 1.63. The molecule has 0 bridgehead atoms. The minimum atomic E-state index is -4.25. The molecular weight excluding hydrogens is 550 g/mol. The fraction of sp³-hybridized carbons (Fsp3) is 0.136. The van der Waals surface area contributed by atoms with Gasteiger partial charge in [0.05, 0.1) is 34.0 Å². The van der Waals surface area contributed by atoms with Crippen molar-refractivity contribution in [1.82, 2.24) is 4.72 Å². The number of hydrazone groups is 1. The van der Waals surface area contributed by atoms with Crippen molar-refractivity contribution in [3.8, 4) is 0 Å². The second-order valence-corrected chi connectivity index (χ2v) is 10.8. The summed E-state index contributed by atoms with van der Waals surface area (Å²) in [6, 6.07) is 13.0. The molecule has 1 aliphatic rings. The number of benzene rings is 3. The monoisotopic (exact) mass is 563 g/mol. The Morgan fingerprint density at radius 1 is 0.912 bits per heavy atom. The number of rotatable bonds is 6. The fourth-order valence-corrected chi connectivity index (χ4v) is 5.64. The third kappa shape index (κ3) is 5.32. The van der Waals surface area contributed by atoms with Crippen LogP contribution < -0.4 is 9.73 Å². The van der Waals surface area contributed by atoms with Crippen molar-refractivity contribution in [3.63, 3.8) is 0 Å². The van der Waals surface area contributed by atoms with E-state index >= 15 is 0 Å². The summed E-state index contributed by atoms with van der Waals surface area (Å²) in [4.78, 5) is -0.571. The lowest BCUT2D eigenvalue weighted by Crippen LogP contribution is -2.29. The molecule has 4 rings (SSSR count). The van der Waals surface area contributed by atoms with Crippen molar-refractivity contribution in [2.75, 3.05) is 11.6 Å². The quantitative estimate of drug-likeness (QED) is 0.332.